The third-order valence-corrected chi connectivity index (χ3v) is 3.77. The second-order valence-corrected chi connectivity index (χ2v) is 5.47. The van der Waals surface area contributed by atoms with Crippen LogP contribution in [-0.4, -0.2) is 26.0 Å². The third kappa shape index (κ3) is 3.68. The van der Waals surface area contributed by atoms with Gasteiger partial charge in [-0.05, 0) is 30.7 Å². The fraction of sp³-hybridized carbons (Fsp3) is 0.250. The van der Waals surface area contributed by atoms with Crippen LogP contribution in [0.4, 0.5) is 0 Å². The lowest BCUT2D eigenvalue weighted by molar-refractivity contribution is -0.132. The van der Waals surface area contributed by atoms with Gasteiger partial charge in [-0.25, -0.2) is 17.9 Å². The normalized spacial score (nSPS) is 12.4. The summed E-state index contributed by atoms with van der Waals surface area (Å²) in [5.74, 6) is -1.03. The molecule has 0 saturated heterocycles. The van der Waals surface area contributed by atoms with Crippen LogP contribution in [0.1, 0.15) is 19.4 Å². The summed E-state index contributed by atoms with van der Waals surface area (Å²) in [6, 6.07) is 6.12. The van der Waals surface area contributed by atoms with Crippen LogP contribution in [0.2, 0.25) is 0 Å². The Balaban J connectivity index is 3.15. The molecule has 0 aliphatic rings. The summed E-state index contributed by atoms with van der Waals surface area (Å²) in [4.78, 5) is 10.8. The lowest BCUT2D eigenvalue weighted by Gasteiger charge is -2.05. The van der Waals surface area contributed by atoms with Crippen molar-refractivity contribution in [2.24, 2.45) is 0 Å². The highest BCUT2D eigenvalue weighted by Crippen LogP contribution is 2.14. The van der Waals surface area contributed by atoms with Gasteiger partial charge in [-0.3, -0.25) is 0 Å². The molecule has 1 aromatic carbocycles. The van der Waals surface area contributed by atoms with Gasteiger partial charge in [0.15, 0.2) is 0 Å². The summed E-state index contributed by atoms with van der Waals surface area (Å²) < 4.78 is 25.9. The molecule has 0 saturated carbocycles. The average molecular weight is 269 g/mol. The first-order chi connectivity index (χ1) is 8.36. The summed E-state index contributed by atoms with van der Waals surface area (Å²) in [6.07, 6.45) is 1.42. The Kier molecular flexibility index (Phi) is 4.63. The molecule has 0 aromatic heterocycles. The Morgan fingerprint density at radius 3 is 2.67 bits per heavy atom. The van der Waals surface area contributed by atoms with Gasteiger partial charge in [0, 0.05) is 12.1 Å². The molecule has 0 radical (unpaired) electrons. The van der Waals surface area contributed by atoms with Gasteiger partial charge >= 0.3 is 5.97 Å². The maximum Gasteiger partial charge on any atom is 0.331 e. The van der Waals surface area contributed by atoms with E-state index in [2.05, 4.69) is 4.72 Å². The molecule has 1 rings (SSSR count). The number of nitrogens with one attached hydrogen (secondary N) is 1. The minimum atomic E-state index is -3.52. The van der Waals surface area contributed by atoms with Crippen molar-refractivity contribution in [3.05, 3.63) is 35.4 Å². The van der Waals surface area contributed by atoms with Crippen molar-refractivity contribution in [3.63, 3.8) is 0 Å². The highest BCUT2D eigenvalue weighted by molar-refractivity contribution is 7.89. The van der Waals surface area contributed by atoms with E-state index >= 15 is 0 Å². The molecular weight excluding hydrogens is 254 g/mol. The summed E-state index contributed by atoms with van der Waals surface area (Å²) in [5, 5.41) is 8.76. The van der Waals surface area contributed by atoms with E-state index in [0.717, 1.165) is 0 Å². The second kappa shape index (κ2) is 5.79. The zero-order chi connectivity index (χ0) is 13.8. The lowest BCUT2D eigenvalue weighted by atomic mass is 10.1. The number of sulfonamides is 1. The molecule has 2 N–H and O–H groups in total. The lowest BCUT2D eigenvalue weighted by Crippen LogP contribution is -2.23. The predicted octanol–water partition coefficient (Wildman–Crippen LogP) is 1.47. The van der Waals surface area contributed by atoms with Gasteiger partial charge in [-0.2, -0.15) is 0 Å². The Morgan fingerprint density at radius 1 is 1.44 bits per heavy atom. The third-order valence-electron chi connectivity index (χ3n) is 2.22. The predicted molar refractivity (Wildman–Crippen MR) is 68.6 cm³/mol. The molecule has 6 heteroatoms. The van der Waals surface area contributed by atoms with Crippen LogP contribution >= 0.6 is 0 Å². The molecule has 0 spiro atoms. The molecule has 0 unspecified atom stereocenters. The standard InChI is InChI=1S/C12H15NO4S/c1-3-13-18(16,17)11-6-4-5-10(8-11)7-9(2)12(14)15/h4-8,13H,3H2,1-2H3,(H,14,15). The van der Waals surface area contributed by atoms with Crippen LogP contribution in [-0.2, 0) is 14.8 Å². The van der Waals surface area contributed by atoms with E-state index in [4.69, 9.17) is 5.11 Å². The summed E-state index contributed by atoms with van der Waals surface area (Å²) in [7, 11) is -3.52. The number of carboxylic acids is 1. The molecule has 0 aliphatic heterocycles. The topological polar surface area (TPSA) is 83.5 Å². The van der Waals surface area contributed by atoms with Crippen molar-refractivity contribution in [1.29, 1.82) is 0 Å². The summed E-state index contributed by atoms with van der Waals surface area (Å²) in [6.45, 7) is 3.44. The molecule has 5 nitrogen and oxygen atoms in total. The number of aliphatic carboxylic acids is 1. The largest absolute Gasteiger partial charge is 0.478 e. The van der Waals surface area contributed by atoms with Gasteiger partial charge in [0.1, 0.15) is 0 Å². The van der Waals surface area contributed by atoms with E-state index in [1.54, 1.807) is 19.1 Å². The molecule has 0 atom stereocenters. The van der Waals surface area contributed by atoms with Crippen molar-refractivity contribution in [2.75, 3.05) is 6.54 Å². The van der Waals surface area contributed by atoms with Gasteiger partial charge in [0.25, 0.3) is 0 Å². The number of rotatable bonds is 5. The van der Waals surface area contributed by atoms with Crippen molar-refractivity contribution >= 4 is 22.1 Å². The quantitative estimate of drug-likeness (QED) is 0.793. The van der Waals surface area contributed by atoms with Gasteiger partial charge in [0.05, 0.1) is 4.90 Å². The Bertz CT molecular complexity index is 575. The smallest absolute Gasteiger partial charge is 0.331 e. The zero-order valence-electron chi connectivity index (χ0n) is 10.2. The monoisotopic (exact) mass is 269 g/mol. The first-order valence-electron chi connectivity index (χ1n) is 5.38. The van der Waals surface area contributed by atoms with Crippen molar-refractivity contribution in [3.8, 4) is 0 Å². The molecule has 0 aliphatic carbocycles. The van der Waals surface area contributed by atoms with Crippen LogP contribution in [0.5, 0.6) is 0 Å². The maximum atomic E-state index is 11.8. The van der Waals surface area contributed by atoms with Crippen molar-refractivity contribution in [2.45, 2.75) is 18.7 Å². The van der Waals surface area contributed by atoms with E-state index in [9.17, 15) is 13.2 Å². The van der Waals surface area contributed by atoms with Gasteiger partial charge in [0.2, 0.25) is 10.0 Å². The summed E-state index contributed by atoms with van der Waals surface area (Å²) in [5.41, 5.74) is 0.682. The highest BCUT2D eigenvalue weighted by atomic mass is 32.2. The molecule has 18 heavy (non-hydrogen) atoms. The average Bonchev–Trinajstić information content (AvgIpc) is 2.29. The number of carbonyl (C=O) groups is 1. The molecular formula is C12H15NO4S. The molecule has 1 aromatic rings. The fourth-order valence-corrected chi connectivity index (χ4v) is 2.45. The van der Waals surface area contributed by atoms with E-state index in [1.165, 1.54) is 25.1 Å². The number of benzene rings is 1. The molecule has 0 fully saturated rings. The first kappa shape index (κ1) is 14.4. The first-order valence-corrected chi connectivity index (χ1v) is 6.86. The van der Waals surface area contributed by atoms with Crippen LogP contribution in [0.15, 0.2) is 34.7 Å². The van der Waals surface area contributed by atoms with E-state index < -0.39 is 16.0 Å². The minimum absolute atomic E-state index is 0.122. The van der Waals surface area contributed by atoms with Crippen LogP contribution in [0.3, 0.4) is 0 Å². The molecule has 0 bridgehead atoms. The molecule has 98 valence electrons. The number of hydrogen-bond acceptors (Lipinski definition) is 3. The van der Waals surface area contributed by atoms with Crippen LogP contribution in [0.25, 0.3) is 6.08 Å². The molecule has 0 heterocycles. The number of hydrogen-bond donors (Lipinski definition) is 2. The second-order valence-electron chi connectivity index (χ2n) is 3.71. The van der Waals surface area contributed by atoms with Crippen LogP contribution < -0.4 is 4.72 Å². The van der Waals surface area contributed by atoms with E-state index in [1.807, 2.05) is 0 Å². The van der Waals surface area contributed by atoms with Gasteiger partial charge < -0.3 is 5.11 Å². The van der Waals surface area contributed by atoms with Crippen molar-refractivity contribution < 1.29 is 18.3 Å². The van der Waals surface area contributed by atoms with Crippen LogP contribution in [0, 0.1) is 0 Å². The van der Waals surface area contributed by atoms with E-state index in [0.29, 0.717) is 12.1 Å². The maximum absolute atomic E-state index is 11.8. The SMILES string of the molecule is CCNS(=O)(=O)c1cccc(C=C(C)C(=O)O)c1. The highest BCUT2D eigenvalue weighted by Gasteiger charge is 2.12. The fourth-order valence-electron chi connectivity index (χ4n) is 1.36. The Labute approximate surface area is 106 Å². The van der Waals surface area contributed by atoms with Gasteiger partial charge in [-0.15, -0.1) is 0 Å². The number of carboxylic acid groups (broad SMARTS) is 1. The molecule has 0 amide bonds. The Hall–Kier alpha value is -1.66. The Morgan fingerprint density at radius 2 is 2.11 bits per heavy atom. The van der Waals surface area contributed by atoms with Crippen molar-refractivity contribution in [1.82, 2.24) is 4.72 Å². The zero-order valence-corrected chi connectivity index (χ0v) is 11.0. The van der Waals surface area contributed by atoms with Gasteiger partial charge in [-0.1, -0.05) is 19.1 Å². The minimum Gasteiger partial charge on any atom is -0.478 e. The van der Waals surface area contributed by atoms with E-state index in [-0.39, 0.29) is 10.5 Å². The summed E-state index contributed by atoms with van der Waals surface area (Å²) >= 11 is 0.